The molecule has 2 rings (SSSR count). The molecule has 19 heavy (non-hydrogen) atoms. The van der Waals surface area contributed by atoms with Crippen LogP contribution in [-0.2, 0) is 16.6 Å². The molecule has 108 valence electrons. The Balaban J connectivity index is 1.83. The fourth-order valence-corrected chi connectivity index (χ4v) is 4.84. The molecule has 0 saturated heterocycles. The molecule has 0 aliphatic heterocycles. The molecule has 1 heterocycles. The molecule has 0 bridgehead atoms. The molecular weight excluding hydrogens is 282 g/mol. The van der Waals surface area contributed by atoms with Gasteiger partial charge in [0.1, 0.15) is 4.21 Å². The fraction of sp³-hybridized carbons (Fsp3) is 0.692. The van der Waals surface area contributed by atoms with Gasteiger partial charge < -0.3 is 5.11 Å². The molecule has 1 aliphatic rings. The molecule has 1 aromatic rings. The third kappa shape index (κ3) is 4.27. The Labute approximate surface area is 118 Å². The largest absolute Gasteiger partial charge is 0.391 e. The fourth-order valence-electron chi connectivity index (χ4n) is 2.53. The lowest BCUT2D eigenvalue weighted by Crippen LogP contribution is -2.26. The Morgan fingerprint density at radius 1 is 1.26 bits per heavy atom. The van der Waals surface area contributed by atoms with Gasteiger partial charge in [-0.25, -0.2) is 13.1 Å². The molecular formula is C13H21NO3S2. The van der Waals surface area contributed by atoms with E-state index in [4.69, 9.17) is 5.11 Å². The van der Waals surface area contributed by atoms with Gasteiger partial charge in [-0.3, -0.25) is 0 Å². The van der Waals surface area contributed by atoms with Crippen molar-refractivity contribution in [3.8, 4) is 0 Å². The molecule has 2 N–H and O–H groups in total. The highest BCUT2D eigenvalue weighted by molar-refractivity contribution is 7.91. The summed E-state index contributed by atoms with van der Waals surface area (Å²) in [5.74, 6) is 0.674. The summed E-state index contributed by atoms with van der Waals surface area (Å²) >= 11 is 1.13. The van der Waals surface area contributed by atoms with E-state index >= 15 is 0 Å². The Hall–Kier alpha value is -0.430. The number of nitrogens with one attached hydrogen (secondary N) is 1. The highest BCUT2D eigenvalue weighted by Crippen LogP contribution is 2.26. The van der Waals surface area contributed by atoms with Crippen molar-refractivity contribution in [2.75, 3.05) is 6.54 Å². The van der Waals surface area contributed by atoms with Crippen molar-refractivity contribution < 1.29 is 13.5 Å². The van der Waals surface area contributed by atoms with Crippen molar-refractivity contribution in [2.45, 2.75) is 49.3 Å². The number of rotatable bonds is 6. The third-order valence-electron chi connectivity index (χ3n) is 3.63. The predicted octanol–water partition coefficient (Wildman–Crippen LogP) is 2.49. The van der Waals surface area contributed by atoms with Crippen molar-refractivity contribution >= 4 is 21.4 Å². The number of hydrogen-bond donors (Lipinski definition) is 2. The zero-order chi connectivity index (χ0) is 13.7. The lowest BCUT2D eigenvalue weighted by Gasteiger charge is -2.21. The summed E-state index contributed by atoms with van der Waals surface area (Å²) in [7, 11) is -3.39. The monoisotopic (exact) mass is 303 g/mol. The third-order valence-corrected chi connectivity index (χ3v) is 6.65. The van der Waals surface area contributed by atoms with Crippen LogP contribution in [0.5, 0.6) is 0 Å². The van der Waals surface area contributed by atoms with Crippen LogP contribution in [-0.4, -0.2) is 20.1 Å². The normalized spacial score (nSPS) is 17.7. The highest BCUT2D eigenvalue weighted by Gasteiger charge is 2.18. The van der Waals surface area contributed by atoms with E-state index in [0.717, 1.165) is 17.8 Å². The predicted molar refractivity (Wildman–Crippen MR) is 76.6 cm³/mol. The maximum absolute atomic E-state index is 12.0. The summed E-state index contributed by atoms with van der Waals surface area (Å²) in [6, 6.07) is 3.21. The number of hydrogen-bond acceptors (Lipinski definition) is 4. The molecule has 4 nitrogen and oxygen atoms in total. The molecule has 0 amide bonds. The van der Waals surface area contributed by atoms with Crippen molar-refractivity contribution in [3.05, 3.63) is 17.0 Å². The number of aliphatic hydroxyl groups excluding tert-OH is 1. The van der Waals surface area contributed by atoms with Crippen molar-refractivity contribution in [1.29, 1.82) is 0 Å². The Kier molecular flexibility index (Phi) is 5.38. The summed E-state index contributed by atoms with van der Waals surface area (Å²) in [6.07, 6.45) is 7.27. The molecule has 1 aliphatic carbocycles. The van der Waals surface area contributed by atoms with Gasteiger partial charge in [-0.15, -0.1) is 11.3 Å². The van der Waals surface area contributed by atoms with Crippen LogP contribution in [0, 0.1) is 5.92 Å². The Morgan fingerprint density at radius 2 is 2.00 bits per heavy atom. The van der Waals surface area contributed by atoms with Gasteiger partial charge in [0.05, 0.1) is 6.61 Å². The second-order valence-electron chi connectivity index (χ2n) is 5.07. The SMILES string of the molecule is O=S(=O)(NCCC1CCCCC1)c1ccc(CO)s1. The first-order chi connectivity index (χ1) is 9.12. The molecule has 1 saturated carbocycles. The highest BCUT2D eigenvalue weighted by atomic mass is 32.2. The van der Waals surface area contributed by atoms with Crippen LogP contribution in [0.4, 0.5) is 0 Å². The first-order valence-corrected chi connectivity index (χ1v) is 9.11. The van der Waals surface area contributed by atoms with E-state index in [0.29, 0.717) is 21.5 Å². The molecule has 1 aromatic heterocycles. The van der Waals surface area contributed by atoms with Gasteiger partial charge in [-0.05, 0) is 24.5 Å². The van der Waals surface area contributed by atoms with E-state index in [2.05, 4.69) is 4.72 Å². The zero-order valence-corrected chi connectivity index (χ0v) is 12.6. The van der Waals surface area contributed by atoms with Gasteiger partial charge in [-0.1, -0.05) is 32.1 Å². The van der Waals surface area contributed by atoms with Gasteiger partial charge in [0.15, 0.2) is 0 Å². The maximum Gasteiger partial charge on any atom is 0.250 e. The van der Waals surface area contributed by atoms with Crippen LogP contribution in [0.15, 0.2) is 16.3 Å². The van der Waals surface area contributed by atoms with Gasteiger partial charge in [0, 0.05) is 11.4 Å². The minimum Gasteiger partial charge on any atom is -0.391 e. The summed E-state index contributed by atoms with van der Waals surface area (Å²) in [4.78, 5) is 0.674. The molecule has 0 atom stereocenters. The van der Waals surface area contributed by atoms with E-state index in [1.54, 1.807) is 12.1 Å². The number of sulfonamides is 1. The van der Waals surface area contributed by atoms with Crippen LogP contribution >= 0.6 is 11.3 Å². The first kappa shape index (κ1) is 15.0. The van der Waals surface area contributed by atoms with Crippen molar-refractivity contribution in [3.63, 3.8) is 0 Å². The molecule has 6 heteroatoms. The van der Waals surface area contributed by atoms with Gasteiger partial charge in [-0.2, -0.15) is 0 Å². The second kappa shape index (κ2) is 6.83. The molecule has 0 unspecified atom stereocenters. The van der Waals surface area contributed by atoms with Gasteiger partial charge in [0.2, 0.25) is 10.0 Å². The van der Waals surface area contributed by atoms with E-state index in [-0.39, 0.29) is 6.61 Å². The lowest BCUT2D eigenvalue weighted by atomic mass is 9.87. The van der Waals surface area contributed by atoms with E-state index in [1.165, 1.54) is 32.1 Å². The summed E-state index contributed by atoms with van der Waals surface area (Å²) in [5, 5.41) is 8.96. The average Bonchev–Trinajstić information content (AvgIpc) is 2.89. The minimum atomic E-state index is -3.39. The minimum absolute atomic E-state index is 0.109. The second-order valence-corrected chi connectivity index (χ2v) is 8.23. The molecule has 0 radical (unpaired) electrons. The lowest BCUT2D eigenvalue weighted by molar-refractivity contribution is 0.285. The molecule has 0 aromatic carbocycles. The maximum atomic E-state index is 12.0. The average molecular weight is 303 g/mol. The van der Waals surface area contributed by atoms with Crippen molar-refractivity contribution in [1.82, 2.24) is 4.72 Å². The zero-order valence-electron chi connectivity index (χ0n) is 11.0. The van der Waals surface area contributed by atoms with E-state index in [1.807, 2.05) is 0 Å². The Bertz CT molecular complexity index is 490. The van der Waals surface area contributed by atoms with Gasteiger partial charge in [0.25, 0.3) is 0 Å². The first-order valence-electron chi connectivity index (χ1n) is 6.81. The Morgan fingerprint density at radius 3 is 2.63 bits per heavy atom. The topological polar surface area (TPSA) is 66.4 Å². The molecule has 0 spiro atoms. The summed E-state index contributed by atoms with van der Waals surface area (Å²) in [6.45, 7) is 0.404. The number of thiophene rings is 1. The van der Waals surface area contributed by atoms with Crippen LogP contribution in [0.3, 0.4) is 0 Å². The molecule has 1 fully saturated rings. The van der Waals surface area contributed by atoms with E-state index in [9.17, 15) is 8.42 Å². The van der Waals surface area contributed by atoms with Gasteiger partial charge >= 0.3 is 0 Å². The standard InChI is InChI=1S/C13H21NO3S2/c15-10-12-6-7-13(18-12)19(16,17)14-9-8-11-4-2-1-3-5-11/h6-7,11,14-15H,1-5,8-10H2. The van der Waals surface area contributed by atoms with Crippen LogP contribution in [0.2, 0.25) is 0 Å². The number of aliphatic hydroxyl groups is 1. The summed E-state index contributed by atoms with van der Waals surface area (Å²) < 4.78 is 27.0. The van der Waals surface area contributed by atoms with Crippen LogP contribution < -0.4 is 4.72 Å². The van der Waals surface area contributed by atoms with Crippen molar-refractivity contribution in [2.24, 2.45) is 5.92 Å². The van der Waals surface area contributed by atoms with Crippen LogP contribution in [0.25, 0.3) is 0 Å². The smallest absolute Gasteiger partial charge is 0.250 e. The quantitative estimate of drug-likeness (QED) is 0.848. The summed E-state index contributed by atoms with van der Waals surface area (Å²) in [5.41, 5.74) is 0. The van der Waals surface area contributed by atoms with Crippen LogP contribution in [0.1, 0.15) is 43.4 Å². The van der Waals surface area contributed by atoms with E-state index < -0.39 is 10.0 Å².